The molecule has 0 bridgehead atoms. The molecular formula is C21H32BClN2O4. The molecule has 1 aromatic carbocycles. The Labute approximate surface area is 178 Å². The van der Waals surface area contributed by atoms with Gasteiger partial charge in [-0.2, -0.15) is 0 Å². The molecule has 8 heteroatoms. The van der Waals surface area contributed by atoms with Crippen LogP contribution in [0.1, 0.15) is 50.0 Å². The van der Waals surface area contributed by atoms with Crippen molar-refractivity contribution in [2.75, 3.05) is 19.6 Å². The van der Waals surface area contributed by atoms with Gasteiger partial charge in [0.25, 0.3) is 0 Å². The normalized spacial score (nSPS) is 29.0. The summed E-state index contributed by atoms with van der Waals surface area (Å²) in [4.78, 5) is 14.4. The van der Waals surface area contributed by atoms with E-state index in [2.05, 4.69) is 17.0 Å². The minimum Gasteiger partial charge on any atom is -0.480 e. The third-order valence-electron chi connectivity index (χ3n) is 6.92. The predicted molar refractivity (Wildman–Crippen MR) is 115 cm³/mol. The van der Waals surface area contributed by atoms with Crippen molar-refractivity contribution >= 4 is 24.7 Å². The molecule has 3 atom stereocenters. The average Bonchev–Trinajstić information content (AvgIpc) is 2.69. The van der Waals surface area contributed by atoms with Crippen LogP contribution in [0.25, 0.3) is 0 Å². The lowest BCUT2D eigenvalue weighted by Gasteiger charge is -2.44. The van der Waals surface area contributed by atoms with E-state index in [1.54, 1.807) is 0 Å². The minimum atomic E-state index is -1.34. The molecule has 29 heavy (non-hydrogen) atoms. The van der Waals surface area contributed by atoms with E-state index in [4.69, 9.17) is 27.4 Å². The van der Waals surface area contributed by atoms with Crippen molar-refractivity contribution < 1.29 is 19.9 Å². The molecule has 3 rings (SSSR count). The number of carboxylic acid groups (broad SMARTS) is 1. The molecule has 6 nitrogen and oxygen atoms in total. The van der Waals surface area contributed by atoms with Crippen molar-refractivity contribution in [3.05, 3.63) is 34.9 Å². The molecular weight excluding hydrogens is 391 g/mol. The Hall–Kier alpha value is -1.12. The molecule has 0 amide bonds. The van der Waals surface area contributed by atoms with Gasteiger partial charge in [-0.3, -0.25) is 4.79 Å². The summed E-state index contributed by atoms with van der Waals surface area (Å²) in [5, 5.41) is 28.8. The van der Waals surface area contributed by atoms with E-state index in [9.17, 15) is 9.90 Å². The highest BCUT2D eigenvalue weighted by atomic mass is 35.5. The first kappa shape index (κ1) is 22.6. The highest BCUT2D eigenvalue weighted by molar-refractivity contribution is 6.40. The van der Waals surface area contributed by atoms with Crippen LogP contribution in [0, 0.1) is 11.8 Å². The lowest BCUT2D eigenvalue weighted by atomic mass is 9.66. The Morgan fingerprint density at radius 3 is 2.41 bits per heavy atom. The molecule has 0 unspecified atom stereocenters. The molecule has 1 aliphatic heterocycles. The third-order valence-corrected chi connectivity index (χ3v) is 7.17. The summed E-state index contributed by atoms with van der Waals surface area (Å²) in [6, 6.07) is 8.07. The second-order valence-corrected chi connectivity index (χ2v) is 9.31. The fraction of sp³-hybridized carbons (Fsp3) is 0.667. The average molecular weight is 423 g/mol. The third kappa shape index (κ3) is 5.73. The van der Waals surface area contributed by atoms with E-state index in [-0.39, 0.29) is 18.2 Å². The van der Waals surface area contributed by atoms with Crippen molar-refractivity contribution in [1.82, 2.24) is 4.90 Å². The zero-order valence-corrected chi connectivity index (χ0v) is 17.6. The number of nitrogens with two attached hydrogens (primary N) is 1. The summed E-state index contributed by atoms with van der Waals surface area (Å²) >= 11 is 5.99. The minimum absolute atomic E-state index is 0.0811. The molecule has 5 N–H and O–H groups in total. The van der Waals surface area contributed by atoms with Gasteiger partial charge in [0.2, 0.25) is 0 Å². The van der Waals surface area contributed by atoms with E-state index in [0.29, 0.717) is 25.3 Å². The Balaban J connectivity index is 1.55. The first-order valence-corrected chi connectivity index (χ1v) is 11.0. The standard InChI is InChI=1S/C21H32BClN2O4/c23-19-5-2-16(3-6-19)17-8-11-25(12-9-17)14-18-4-1-15(7-10-22(28)29)13-21(18,24)20(26)27/h2-3,5-6,15,17-18,28-29H,1,4,7-14,24H2,(H,26,27)/t15-,18-,21+/m0/s1. The molecule has 0 aromatic heterocycles. The van der Waals surface area contributed by atoms with Crippen LogP contribution in [0.4, 0.5) is 0 Å². The van der Waals surface area contributed by atoms with Crippen LogP contribution in [0.15, 0.2) is 24.3 Å². The van der Waals surface area contributed by atoms with Crippen molar-refractivity contribution in [2.24, 2.45) is 17.6 Å². The smallest absolute Gasteiger partial charge is 0.451 e. The zero-order valence-electron chi connectivity index (χ0n) is 16.8. The van der Waals surface area contributed by atoms with Gasteiger partial charge in [-0.15, -0.1) is 0 Å². The maximum atomic E-state index is 12.0. The number of piperidine rings is 1. The van der Waals surface area contributed by atoms with Crippen LogP contribution < -0.4 is 5.73 Å². The molecule has 1 saturated carbocycles. The van der Waals surface area contributed by atoms with E-state index >= 15 is 0 Å². The number of carbonyl (C=O) groups is 1. The van der Waals surface area contributed by atoms with Gasteiger partial charge in [0.15, 0.2) is 0 Å². The summed E-state index contributed by atoms with van der Waals surface area (Å²) in [5.74, 6) is -0.369. The van der Waals surface area contributed by atoms with E-state index in [1.165, 1.54) is 5.56 Å². The second-order valence-electron chi connectivity index (χ2n) is 8.87. The van der Waals surface area contributed by atoms with Gasteiger partial charge < -0.3 is 25.8 Å². The largest absolute Gasteiger partial charge is 0.480 e. The number of carboxylic acids is 1. The van der Waals surface area contributed by atoms with Crippen LogP contribution in [-0.2, 0) is 4.79 Å². The van der Waals surface area contributed by atoms with Crippen LogP contribution in [-0.4, -0.2) is 58.3 Å². The number of hydrogen-bond acceptors (Lipinski definition) is 5. The van der Waals surface area contributed by atoms with Crippen LogP contribution in [0.5, 0.6) is 0 Å². The lowest BCUT2D eigenvalue weighted by molar-refractivity contribution is -0.148. The fourth-order valence-electron chi connectivity index (χ4n) is 5.08. The maximum absolute atomic E-state index is 12.0. The number of benzene rings is 1. The lowest BCUT2D eigenvalue weighted by Crippen LogP contribution is -2.60. The molecule has 1 heterocycles. The highest BCUT2D eigenvalue weighted by Gasteiger charge is 2.47. The molecule has 0 spiro atoms. The molecule has 1 aliphatic carbocycles. The van der Waals surface area contributed by atoms with Gasteiger partial charge in [0, 0.05) is 17.5 Å². The quantitative estimate of drug-likeness (QED) is 0.503. The first-order valence-electron chi connectivity index (χ1n) is 10.6. The Morgan fingerprint density at radius 2 is 1.83 bits per heavy atom. The second kappa shape index (κ2) is 9.79. The number of rotatable bonds is 7. The summed E-state index contributed by atoms with van der Waals surface area (Å²) < 4.78 is 0. The van der Waals surface area contributed by atoms with Gasteiger partial charge in [-0.1, -0.05) is 30.2 Å². The monoisotopic (exact) mass is 422 g/mol. The molecule has 2 aliphatic rings. The summed E-state index contributed by atoms with van der Waals surface area (Å²) in [5.41, 5.74) is 6.51. The summed E-state index contributed by atoms with van der Waals surface area (Å²) in [6.07, 6.45) is 5.04. The number of nitrogens with zero attached hydrogens (tertiary/aromatic N) is 1. The number of halogens is 1. The fourth-order valence-corrected chi connectivity index (χ4v) is 5.21. The van der Waals surface area contributed by atoms with Crippen molar-refractivity contribution in [3.63, 3.8) is 0 Å². The Kier molecular flexibility index (Phi) is 7.62. The molecule has 1 aromatic rings. The number of likely N-dealkylation sites (tertiary alicyclic amines) is 1. The first-order chi connectivity index (χ1) is 13.8. The number of hydrogen-bond donors (Lipinski definition) is 4. The van der Waals surface area contributed by atoms with Gasteiger partial charge in [0.1, 0.15) is 5.54 Å². The number of aliphatic carboxylic acids is 1. The van der Waals surface area contributed by atoms with Gasteiger partial charge in [-0.25, -0.2) is 0 Å². The zero-order chi connectivity index (χ0) is 21.0. The van der Waals surface area contributed by atoms with Gasteiger partial charge in [0.05, 0.1) is 0 Å². The Bertz CT molecular complexity index is 682. The predicted octanol–water partition coefficient (Wildman–Crippen LogP) is 2.58. The summed E-state index contributed by atoms with van der Waals surface area (Å²) in [7, 11) is -1.34. The van der Waals surface area contributed by atoms with Gasteiger partial charge >= 0.3 is 13.1 Å². The van der Waals surface area contributed by atoms with E-state index in [0.717, 1.165) is 43.8 Å². The van der Waals surface area contributed by atoms with Crippen molar-refractivity contribution in [3.8, 4) is 0 Å². The van der Waals surface area contributed by atoms with Crippen LogP contribution >= 0.6 is 11.6 Å². The molecule has 0 radical (unpaired) electrons. The summed E-state index contributed by atoms with van der Waals surface area (Å²) in [6.45, 7) is 2.60. The SMILES string of the molecule is N[C@]1(C(=O)O)C[C@H](CCB(O)O)CC[C@H]1CN1CCC(c2ccc(Cl)cc2)CC1. The molecule has 2 fully saturated rings. The maximum Gasteiger partial charge on any atom is 0.451 e. The van der Waals surface area contributed by atoms with E-state index < -0.39 is 18.6 Å². The van der Waals surface area contributed by atoms with Crippen LogP contribution in [0.2, 0.25) is 11.3 Å². The van der Waals surface area contributed by atoms with Crippen molar-refractivity contribution in [2.45, 2.75) is 56.3 Å². The van der Waals surface area contributed by atoms with E-state index in [1.807, 2.05) is 12.1 Å². The van der Waals surface area contributed by atoms with Crippen LogP contribution in [0.3, 0.4) is 0 Å². The highest BCUT2D eigenvalue weighted by Crippen LogP contribution is 2.39. The molecule has 1 saturated heterocycles. The van der Waals surface area contributed by atoms with Crippen molar-refractivity contribution in [1.29, 1.82) is 0 Å². The molecule has 160 valence electrons. The topological polar surface area (TPSA) is 107 Å². The Morgan fingerprint density at radius 1 is 1.17 bits per heavy atom. The van der Waals surface area contributed by atoms with Gasteiger partial charge in [-0.05, 0) is 81.0 Å².